The number of carbonyl (C=O) groups is 2. The maximum Gasteiger partial charge on any atom is 0.329 e. The molecule has 0 bridgehead atoms. The number of aromatic nitrogens is 1. The standard InChI is InChI=1S/C46H58ClN3O6/c1-29(28-55-40-10-18-48-39-9-4-6-30(2)43(39)40)22-34-23-33-24-41-42(56-37(13-21-54-41)27-50-19-11-32(12-20-50)31(3)51)26-38(33)45(34)14-16-46(17-15-45,44(52)53)49-36-8-5-7-35(47)25-36/h5,7-8,10,18,24-26,29-30,32,34,37,49H,4,6,9,11-17,19-23,27-28H2,1-3H3,(H,52,53)/t29-,30-,34+,37+,45?,46?/m1/s1. The third-order valence-corrected chi connectivity index (χ3v) is 14.2. The molecule has 56 heavy (non-hydrogen) atoms. The molecule has 4 atom stereocenters. The number of piperidine rings is 1. The van der Waals surface area contributed by atoms with Crippen molar-refractivity contribution in [3.05, 3.63) is 76.1 Å². The smallest absolute Gasteiger partial charge is 0.329 e. The van der Waals surface area contributed by atoms with Crippen molar-refractivity contribution in [3.63, 3.8) is 0 Å². The SMILES string of the molecule is CC(=O)C1CCN(C[C@@H]2CCOc3cc4c(cc3O2)C2(CCC(Nc3cccc(Cl)c3)(C(=O)O)CC2)[C@@H](C[C@@H](C)COc2ccnc3c2[C@H](C)CCC3)C4)CC1. The number of hydrogen-bond acceptors (Lipinski definition) is 8. The number of benzene rings is 2. The van der Waals surface area contributed by atoms with Crippen LogP contribution in [0.5, 0.6) is 17.2 Å². The van der Waals surface area contributed by atoms with Gasteiger partial charge in [0.25, 0.3) is 0 Å². The lowest BCUT2D eigenvalue weighted by Crippen LogP contribution is -2.53. The summed E-state index contributed by atoms with van der Waals surface area (Å²) >= 11 is 6.33. The molecule has 2 aliphatic heterocycles. The van der Waals surface area contributed by atoms with Crippen LogP contribution in [-0.2, 0) is 27.8 Å². The number of Topliss-reactive ketones (excluding diaryl/α,β-unsaturated/α-hetero) is 1. The highest BCUT2D eigenvalue weighted by atomic mass is 35.5. The molecule has 2 fully saturated rings. The van der Waals surface area contributed by atoms with Crippen LogP contribution in [0.3, 0.4) is 0 Å². The third-order valence-electron chi connectivity index (χ3n) is 14.0. The van der Waals surface area contributed by atoms with Gasteiger partial charge in [-0.05, 0) is 161 Å². The second-order valence-corrected chi connectivity index (χ2v) is 18.1. The molecular formula is C46H58ClN3O6. The van der Waals surface area contributed by atoms with Gasteiger partial charge in [0, 0.05) is 47.0 Å². The quantitative estimate of drug-likeness (QED) is 0.197. The number of nitrogens with one attached hydrogen (secondary N) is 1. The second-order valence-electron chi connectivity index (χ2n) is 17.7. The number of rotatable bonds is 11. The molecule has 1 saturated heterocycles. The van der Waals surface area contributed by atoms with Gasteiger partial charge in [-0.2, -0.15) is 0 Å². The predicted octanol–water partition coefficient (Wildman–Crippen LogP) is 9.03. The van der Waals surface area contributed by atoms with Crippen LogP contribution >= 0.6 is 11.6 Å². The van der Waals surface area contributed by atoms with Gasteiger partial charge in [-0.25, -0.2) is 4.79 Å². The van der Waals surface area contributed by atoms with Crippen LogP contribution in [0.4, 0.5) is 5.69 Å². The Bertz CT molecular complexity index is 1920. The monoisotopic (exact) mass is 783 g/mol. The van der Waals surface area contributed by atoms with Crippen LogP contribution in [-0.4, -0.2) is 71.2 Å². The Balaban J connectivity index is 1.04. The van der Waals surface area contributed by atoms with Crippen LogP contribution in [0.15, 0.2) is 48.7 Å². The maximum atomic E-state index is 13.1. The molecule has 0 amide bonds. The normalized spacial score (nSPS) is 28.2. The van der Waals surface area contributed by atoms with Crippen molar-refractivity contribution in [1.82, 2.24) is 9.88 Å². The molecule has 5 aliphatic rings. The number of halogens is 1. The zero-order chi connectivity index (χ0) is 39.0. The number of carboxylic acid groups (broad SMARTS) is 1. The van der Waals surface area contributed by atoms with Gasteiger partial charge in [-0.3, -0.25) is 14.7 Å². The summed E-state index contributed by atoms with van der Waals surface area (Å²) in [6.07, 6.45) is 12.2. The highest BCUT2D eigenvalue weighted by Crippen LogP contribution is 2.58. The lowest BCUT2D eigenvalue weighted by atomic mass is 9.59. The minimum atomic E-state index is -1.10. The van der Waals surface area contributed by atoms with Gasteiger partial charge >= 0.3 is 5.97 Å². The molecule has 9 nitrogen and oxygen atoms in total. The summed E-state index contributed by atoms with van der Waals surface area (Å²) in [6, 6.07) is 13.9. The van der Waals surface area contributed by atoms with Gasteiger partial charge in [-0.1, -0.05) is 31.5 Å². The van der Waals surface area contributed by atoms with E-state index < -0.39 is 11.5 Å². The number of carbonyl (C=O) groups excluding carboxylic acids is 1. The van der Waals surface area contributed by atoms with E-state index in [4.69, 9.17) is 25.8 Å². The molecule has 1 aromatic heterocycles. The summed E-state index contributed by atoms with van der Waals surface area (Å²) < 4.78 is 19.9. The molecule has 0 unspecified atom stereocenters. The summed E-state index contributed by atoms with van der Waals surface area (Å²) in [5.41, 5.74) is 4.46. The van der Waals surface area contributed by atoms with E-state index >= 15 is 0 Å². The van der Waals surface area contributed by atoms with E-state index in [1.54, 1.807) is 19.1 Å². The van der Waals surface area contributed by atoms with E-state index in [1.807, 2.05) is 24.4 Å². The zero-order valence-corrected chi connectivity index (χ0v) is 34.0. The Kier molecular flexibility index (Phi) is 11.3. The summed E-state index contributed by atoms with van der Waals surface area (Å²) in [7, 11) is 0. The van der Waals surface area contributed by atoms with Crippen LogP contribution in [0.25, 0.3) is 0 Å². The summed E-state index contributed by atoms with van der Waals surface area (Å²) in [4.78, 5) is 32.2. The van der Waals surface area contributed by atoms with Crippen LogP contribution in [0.1, 0.15) is 113 Å². The second kappa shape index (κ2) is 16.2. The van der Waals surface area contributed by atoms with Crippen molar-refractivity contribution in [2.45, 2.75) is 121 Å². The summed E-state index contributed by atoms with van der Waals surface area (Å²) in [5, 5.41) is 14.8. The Morgan fingerprint density at radius 1 is 1.07 bits per heavy atom. The molecule has 1 saturated carbocycles. The maximum absolute atomic E-state index is 13.1. The first-order valence-corrected chi connectivity index (χ1v) is 21.5. The van der Waals surface area contributed by atoms with E-state index in [-0.39, 0.29) is 23.4 Å². The number of ether oxygens (including phenoxy) is 3. The molecule has 1 spiro atoms. The van der Waals surface area contributed by atoms with Crippen LogP contribution in [0, 0.1) is 17.8 Å². The van der Waals surface area contributed by atoms with Gasteiger partial charge < -0.3 is 24.6 Å². The molecule has 8 rings (SSSR count). The average molecular weight is 784 g/mol. The third kappa shape index (κ3) is 7.87. The van der Waals surface area contributed by atoms with Crippen molar-refractivity contribution in [2.75, 3.05) is 38.2 Å². The fourth-order valence-corrected chi connectivity index (χ4v) is 11.0. The molecule has 0 radical (unpaired) electrons. The minimum absolute atomic E-state index is 0.0111. The Morgan fingerprint density at radius 2 is 1.88 bits per heavy atom. The Hall–Kier alpha value is -3.82. The molecule has 3 heterocycles. The zero-order valence-electron chi connectivity index (χ0n) is 33.3. The Labute approximate surface area is 336 Å². The minimum Gasteiger partial charge on any atom is -0.493 e. The number of aliphatic carboxylic acids is 1. The van der Waals surface area contributed by atoms with E-state index in [0.29, 0.717) is 48.7 Å². The first-order chi connectivity index (χ1) is 27.0. The van der Waals surface area contributed by atoms with Gasteiger partial charge in [-0.15, -0.1) is 0 Å². The highest BCUT2D eigenvalue weighted by Gasteiger charge is 2.54. The van der Waals surface area contributed by atoms with Crippen molar-refractivity contribution in [3.8, 4) is 17.2 Å². The van der Waals surface area contributed by atoms with Crippen molar-refractivity contribution in [1.29, 1.82) is 0 Å². The van der Waals surface area contributed by atoms with Gasteiger partial charge in [0.05, 0.1) is 13.2 Å². The number of aryl methyl sites for hydroxylation is 1. The number of anilines is 1. The van der Waals surface area contributed by atoms with Crippen LogP contribution < -0.4 is 19.5 Å². The van der Waals surface area contributed by atoms with Gasteiger partial charge in [0.1, 0.15) is 23.2 Å². The number of carboxylic acids is 1. The highest BCUT2D eigenvalue weighted by molar-refractivity contribution is 6.30. The summed E-state index contributed by atoms with van der Waals surface area (Å²) in [6.45, 7) is 10.1. The average Bonchev–Trinajstić information content (AvgIpc) is 3.30. The van der Waals surface area contributed by atoms with E-state index in [2.05, 4.69) is 41.2 Å². The number of ketones is 1. The molecule has 2 N–H and O–H groups in total. The topological polar surface area (TPSA) is 110 Å². The first kappa shape index (κ1) is 39.0. The largest absolute Gasteiger partial charge is 0.493 e. The predicted molar refractivity (Wildman–Crippen MR) is 218 cm³/mol. The van der Waals surface area contributed by atoms with Crippen LogP contribution in [0.2, 0.25) is 5.02 Å². The number of likely N-dealkylation sites (tertiary alicyclic amines) is 1. The molecule has 2 aromatic carbocycles. The van der Waals surface area contributed by atoms with Crippen molar-refractivity contribution < 1.29 is 28.9 Å². The van der Waals surface area contributed by atoms with Crippen molar-refractivity contribution >= 4 is 29.0 Å². The fraction of sp³-hybridized carbons (Fsp3) is 0.587. The lowest BCUT2D eigenvalue weighted by molar-refractivity contribution is -0.144. The molecule has 3 aliphatic carbocycles. The number of pyridine rings is 1. The number of fused-ring (bicyclic) bond motifs is 4. The fourth-order valence-electron chi connectivity index (χ4n) is 10.8. The molecule has 10 heteroatoms. The van der Waals surface area contributed by atoms with Gasteiger partial charge in [0.15, 0.2) is 11.5 Å². The van der Waals surface area contributed by atoms with E-state index in [0.717, 1.165) is 100 Å². The molecule has 3 aromatic rings. The molecular weight excluding hydrogens is 726 g/mol. The van der Waals surface area contributed by atoms with Gasteiger partial charge in [0.2, 0.25) is 0 Å². The number of hydrogen-bond donors (Lipinski definition) is 2. The van der Waals surface area contributed by atoms with E-state index in [1.165, 1.54) is 28.8 Å². The summed E-state index contributed by atoms with van der Waals surface area (Å²) in [5.74, 6) is 3.26. The van der Waals surface area contributed by atoms with Crippen molar-refractivity contribution in [2.24, 2.45) is 17.8 Å². The first-order valence-electron chi connectivity index (χ1n) is 21.1. The lowest BCUT2D eigenvalue weighted by Gasteiger charge is -2.47. The number of nitrogens with zero attached hydrogens (tertiary/aromatic N) is 2. The molecule has 300 valence electrons. The van der Waals surface area contributed by atoms with E-state index in [9.17, 15) is 14.7 Å². The Morgan fingerprint density at radius 3 is 2.62 bits per heavy atom.